The van der Waals surface area contributed by atoms with Gasteiger partial charge in [-0.2, -0.15) is 0 Å². The zero-order valence-electron chi connectivity index (χ0n) is 21.2. The SMILES string of the molecule is CCOC(=O)/C=c1\s/c(=C/c2ccc(OCc3ccccc3)cc2)c(=O)n1CC(=O)N1CCC(C)CC1. The van der Waals surface area contributed by atoms with Crippen LogP contribution in [0.1, 0.15) is 37.8 Å². The minimum Gasteiger partial charge on any atom is -0.489 e. The fraction of sp³-hybridized carbons (Fsp3) is 0.345. The fourth-order valence-corrected chi connectivity index (χ4v) is 5.15. The second-order valence-electron chi connectivity index (χ2n) is 9.14. The molecule has 2 heterocycles. The van der Waals surface area contributed by atoms with Crippen molar-refractivity contribution in [2.24, 2.45) is 5.92 Å². The standard InChI is InChI=1S/C29H32N2O5S/c1-3-35-28(33)18-27-31(19-26(32)30-15-13-21(2)14-16-30)29(34)25(37-27)17-22-9-11-24(12-10-22)36-20-23-7-5-4-6-8-23/h4-12,17-18,21H,3,13-16,19-20H2,1-2H3/b25-17+,27-18-. The highest BCUT2D eigenvalue weighted by Gasteiger charge is 2.21. The molecular formula is C29H32N2O5S. The maximum Gasteiger partial charge on any atom is 0.333 e. The van der Waals surface area contributed by atoms with Crippen LogP contribution in [0, 0.1) is 5.92 Å². The van der Waals surface area contributed by atoms with Gasteiger partial charge in [-0.05, 0) is 55.0 Å². The first kappa shape index (κ1) is 26.4. The van der Waals surface area contributed by atoms with Crippen LogP contribution >= 0.6 is 11.3 Å². The third-order valence-electron chi connectivity index (χ3n) is 6.32. The number of hydrogen-bond donors (Lipinski definition) is 0. The Hall–Kier alpha value is -3.65. The van der Waals surface area contributed by atoms with Crippen LogP contribution in [0.5, 0.6) is 5.75 Å². The van der Waals surface area contributed by atoms with Crippen molar-refractivity contribution in [3.8, 4) is 5.75 Å². The van der Waals surface area contributed by atoms with Crippen LogP contribution < -0.4 is 19.5 Å². The van der Waals surface area contributed by atoms with Gasteiger partial charge >= 0.3 is 5.97 Å². The summed E-state index contributed by atoms with van der Waals surface area (Å²) in [6, 6.07) is 17.4. The van der Waals surface area contributed by atoms with E-state index in [1.807, 2.05) is 54.6 Å². The summed E-state index contributed by atoms with van der Waals surface area (Å²) in [6.07, 6.45) is 4.96. The Bertz CT molecular complexity index is 1380. The van der Waals surface area contributed by atoms with E-state index in [9.17, 15) is 14.4 Å². The van der Waals surface area contributed by atoms with Crippen LogP contribution in [0.25, 0.3) is 12.2 Å². The maximum atomic E-state index is 13.3. The Morgan fingerprint density at radius 2 is 1.76 bits per heavy atom. The molecule has 0 atom stereocenters. The van der Waals surface area contributed by atoms with Gasteiger partial charge in [-0.1, -0.05) is 49.4 Å². The molecular weight excluding hydrogens is 488 g/mol. The average Bonchev–Trinajstić information content (AvgIpc) is 3.18. The lowest BCUT2D eigenvalue weighted by molar-refractivity contribution is -0.136. The van der Waals surface area contributed by atoms with Crippen LogP contribution in [0.4, 0.5) is 0 Å². The third-order valence-corrected chi connectivity index (χ3v) is 7.38. The first-order chi connectivity index (χ1) is 17.9. The summed E-state index contributed by atoms with van der Waals surface area (Å²) < 4.78 is 13.1. The van der Waals surface area contributed by atoms with Crippen molar-refractivity contribution >= 4 is 35.4 Å². The van der Waals surface area contributed by atoms with Gasteiger partial charge in [-0.25, -0.2) is 4.79 Å². The van der Waals surface area contributed by atoms with Gasteiger partial charge in [0.1, 0.15) is 23.6 Å². The summed E-state index contributed by atoms with van der Waals surface area (Å²) in [4.78, 5) is 40.2. The highest BCUT2D eigenvalue weighted by molar-refractivity contribution is 7.07. The van der Waals surface area contributed by atoms with Crippen LogP contribution in [-0.2, 0) is 27.5 Å². The van der Waals surface area contributed by atoms with Crippen LogP contribution in [0.3, 0.4) is 0 Å². The summed E-state index contributed by atoms with van der Waals surface area (Å²) >= 11 is 1.17. The average molecular weight is 521 g/mol. The van der Waals surface area contributed by atoms with E-state index in [4.69, 9.17) is 9.47 Å². The molecule has 4 rings (SSSR count). The van der Waals surface area contributed by atoms with E-state index in [1.54, 1.807) is 17.9 Å². The molecule has 194 valence electrons. The molecule has 0 bridgehead atoms. The molecule has 1 aliphatic rings. The number of esters is 1. The molecule has 1 fully saturated rings. The number of likely N-dealkylation sites (tertiary alicyclic amines) is 1. The summed E-state index contributed by atoms with van der Waals surface area (Å²) in [5, 5.41) is 0. The predicted molar refractivity (Wildman–Crippen MR) is 145 cm³/mol. The quantitative estimate of drug-likeness (QED) is 0.427. The Kier molecular flexibility index (Phi) is 8.95. The first-order valence-corrected chi connectivity index (χ1v) is 13.4. The monoisotopic (exact) mass is 520 g/mol. The Labute approximate surface area is 220 Å². The lowest BCUT2D eigenvalue weighted by Gasteiger charge is -2.30. The van der Waals surface area contributed by atoms with Gasteiger partial charge in [0.2, 0.25) is 5.91 Å². The lowest BCUT2D eigenvalue weighted by Crippen LogP contribution is -2.43. The number of thiazole rings is 1. The first-order valence-electron chi connectivity index (χ1n) is 12.6. The van der Waals surface area contributed by atoms with Gasteiger partial charge in [-0.3, -0.25) is 14.2 Å². The van der Waals surface area contributed by atoms with E-state index in [-0.39, 0.29) is 24.6 Å². The number of rotatable bonds is 8. The van der Waals surface area contributed by atoms with Crippen LogP contribution in [0.2, 0.25) is 0 Å². The second kappa shape index (κ2) is 12.5. The highest BCUT2D eigenvalue weighted by Crippen LogP contribution is 2.16. The molecule has 1 aromatic heterocycles. The van der Waals surface area contributed by atoms with E-state index in [0.717, 1.165) is 29.7 Å². The number of amides is 1. The summed E-state index contributed by atoms with van der Waals surface area (Å²) in [7, 11) is 0. The lowest BCUT2D eigenvalue weighted by atomic mass is 9.99. The third kappa shape index (κ3) is 7.20. The number of ether oxygens (including phenoxy) is 2. The van der Waals surface area contributed by atoms with Crippen molar-refractivity contribution < 1.29 is 19.1 Å². The van der Waals surface area contributed by atoms with E-state index in [2.05, 4.69) is 6.92 Å². The molecule has 0 radical (unpaired) electrons. The van der Waals surface area contributed by atoms with Gasteiger partial charge in [0.25, 0.3) is 5.56 Å². The van der Waals surface area contributed by atoms with Gasteiger partial charge in [0, 0.05) is 13.1 Å². The molecule has 1 aliphatic heterocycles. The highest BCUT2D eigenvalue weighted by atomic mass is 32.1. The normalized spacial score (nSPS) is 15.1. The van der Waals surface area contributed by atoms with E-state index in [1.165, 1.54) is 22.0 Å². The molecule has 1 amide bonds. The van der Waals surface area contributed by atoms with Crippen molar-refractivity contribution in [2.45, 2.75) is 39.8 Å². The minimum atomic E-state index is -0.539. The largest absolute Gasteiger partial charge is 0.489 e. The zero-order chi connectivity index (χ0) is 26.2. The molecule has 0 aliphatic carbocycles. The van der Waals surface area contributed by atoms with Gasteiger partial charge in [-0.15, -0.1) is 11.3 Å². The van der Waals surface area contributed by atoms with E-state index in [0.29, 0.717) is 34.8 Å². The van der Waals surface area contributed by atoms with Crippen LogP contribution in [-0.4, -0.2) is 41.0 Å². The van der Waals surface area contributed by atoms with Crippen molar-refractivity contribution in [1.82, 2.24) is 9.47 Å². The number of piperidine rings is 1. The molecule has 7 nitrogen and oxygen atoms in total. The molecule has 0 unspecified atom stereocenters. The molecule has 3 aromatic rings. The number of aromatic nitrogens is 1. The second-order valence-corrected chi connectivity index (χ2v) is 10.2. The number of carbonyl (C=O) groups is 2. The summed E-state index contributed by atoms with van der Waals surface area (Å²) in [5.74, 6) is 0.666. The van der Waals surface area contributed by atoms with Crippen molar-refractivity contribution in [3.05, 3.63) is 85.3 Å². The fourth-order valence-electron chi connectivity index (χ4n) is 4.12. The minimum absolute atomic E-state index is 0.102. The maximum absolute atomic E-state index is 13.3. The topological polar surface area (TPSA) is 77.8 Å². The molecule has 0 N–H and O–H groups in total. The summed E-state index contributed by atoms with van der Waals surface area (Å²) in [5.41, 5.74) is 1.59. The Balaban J connectivity index is 1.57. The molecule has 2 aromatic carbocycles. The number of benzene rings is 2. The molecule has 0 saturated carbocycles. The van der Waals surface area contributed by atoms with Gasteiger partial charge < -0.3 is 14.4 Å². The number of carbonyl (C=O) groups excluding carboxylic acids is 2. The van der Waals surface area contributed by atoms with E-state index >= 15 is 0 Å². The van der Waals surface area contributed by atoms with Crippen molar-refractivity contribution in [3.63, 3.8) is 0 Å². The number of hydrogen-bond acceptors (Lipinski definition) is 6. The molecule has 1 saturated heterocycles. The molecule has 37 heavy (non-hydrogen) atoms. The van der Waals surface area contributed by atoms with Gasteiger partial charge in [0.15, 0.2) is 0 Å². The zero-order valence-corrected chi connectivity index (χ0v) is 22.0. The van der Waals surface area contributed by atoms with Gasteiger partial charge in [0.05, 0.1) is 17.2 Å². The molecule has 8 heteroatoms. The van der Waals surface area contributed by atoms with Crippen molar-refractivity contribution in [2.75, 3.05) is 19.7 Å². The Morgan fingerprint density at radius 3 is 2.43 bits per heavy atom. The van der Waals surface area contributed by atoms with Crippen molar-refractivity contribution in [1.29, 1.82) is 0 Å². The number of nitrogens with zero attached hydrogens (tertiary/aromatic N) is 2. The smallest absolute Gasteiger partial charge is 0.333 e. The van der Waals surface area contributed by atoms with Crippen LogP contribution in [0.15, 0.2) is 59.4 Å². The van der Waals surface area contributed by atoms with E-state index < -0.39 is 5.97 Å². The Morgan fingerprint density at radius 1 is 1.05 bits per heavy atom. The summed E-state index contributed by atoms with van der Waals surface area (Å²) in [6.45, 7) is 5.88. The predicted octanol–water partition coefficient (Wildman–Crippen LogP) is 2.92. The molecule has 0 spiro atoms.